The smallest absolute Gasteiger partial charge is 0.211 e. The molecule has 1 aliphatic heterocycles. The van der Waals surface area contributed by atoms with Gasteiger partial charge in [0, 0.05) is 59.7 Å². The molecular formula is C24H24N4O2S2. The molecule has 8 heteroatoms. The van der Waals surface area contributed by atoms with Crippen molar-refractivity contribution in [2.75, 3.05) is 42.7 Å². The van der Waals surface area contributed by atoms with Gasteiger partial charge < -0.3 is 10.2 Å². The maximum absolute atomic E-state index is 11.7. The van der Waals surface area contributed by atoms with Gasteiger partial charge in [-0.2, -0.15) is 4.31 Å². The molecule has 2 aromatic heterocycles. The van der Waals surface area contributed by atoms with Crippen molar-refractivity contribution >= 4 is 49.3 Å². The van der Waals surface area contributed by atoms with Crippen molar-refractivity contribution in [3.8, 4) is 10.4 Å². The van der Waals surface area contributed by atoms with Crippen LogP contribution in [-0.4, -0.2) is 50.1 Å². The van der Waals surface area contributed by atoms with Crippen LogP contribution in [0, 0.1) is 0 Å². The van der Waals surface area contributed by atoms with E-state index in [1.165, 1.54) is 16.7 Å². The number of piperazine rings is 1. The molecule has 6 nitrogen and oxygen atoms in total. The number of aromatic nitrogens is 1. The summed E-state index contributed by atoms with van der Waals surface area (Å²) in [6, 6.07) is 20.8. The number of benzene rings is 2. The molecular weight excluding hydrogens is 440 g/mol. The van der Waals surface area contributed by atoms with Crippen LogP contribution in [0.15, 0.2) is 72.2 Å². The Bertz CT molecular complexity index is 1330. The van der Waals surface area contributed by atoms with Crippen molar-refractivity contribution in [2.45, 2.75) is 0 Å². The lowest BCUT2D eigenvalue weighted by Crippen LogP contribution is -2.48. The molecule has 2 aromatic carbocycles. The average Bonchev–Trinajstić information content (AvgIpc) is 3.34. The van der Waals surface area contributed by atoms with Crippen LogP contribution in [0.4, 0.5) is 17.1 Å². The minimum Gasteiger partial charge on any atom is -0.369 e. The minimum atomic E-state index is -3.12. The fourth-order valence-electron chi connectivity index (χ4n) is 4.04. The molecule has 1 saturated heterocycles. The molecule has 164 valence electrons. The summed E-state index contributed by atoms with van der Waals surface area (Å²) in [5.41, 5.74) is 5.26. The number of pyridine rings is 1. The Kier molecular flexibility index (Phi) is 5.58. The molecule has 0 spiro atoms. The van der Waals surface area contributed by atoms with Crippen molar-refractivity contribution in [3.05, 3.63) is 72.2 Å². The van der Waals surface area contributed by atoms with Crippen molar-refractivity contribution in [1.82, 2.24) is 9.29 Å². The molecule has 0 unspecified atom stereocenters. The second-order valence-electron chi connectivity index (χ2n) is 7.89. The number of anilines is 3. The van der Waals surface area contributed by atoms with Crippen LogP contribution >= 0.6 is 11.3 Å². The highest BCUT2D eigenvalue weighted by molar-refractivity contribution is 7.88. The highest BCUT2D eigenvalue weighted by atomic mass is 32.2. The first kappa shape index (κ1) is 20.9. The molecule has 5 rings (SSSR count). The summed E-state index contributed by atoms with van der Waals surface area (Å²) in [4.78, 5) is 7.98. The highest BCUT2D eigenvalue weighted by Gasteiger charge is 2.23. The highest BCUT2D eigenvalue weighted by Crippen LogP contribution is 2.32. The quantitative estimate of drug-likeness (QED) is 0.460. The summed E-state index contributed by atoms with van der Waals surface area (Å²) in [6.45, 7) is 2.43. The summed E-state index contributed by atoms with van der Waals surface area (Å²) in [6.07, 6.45) is 3.10. The van der Waals surface area contributed by atoms with Crippen LogP contribution in [0.3, 0.4) is 0 Å². The molecule has 0 bridgehead atoms. The Hall–Kier alpha value is -2.94. The molecule has 0 radical (unpaired) electrons. The van der Waals surface area contributed by atoms with Crippen LogP contribution in [0.1, 0.15) is 0 Å². The van der Waals surface area contributed by atoms with E-state index in [1.807, 2.05) is 12.3 Å². The summed E-state index contributed by atoms with van der Waals surface area (Å²) in [5, 5.41) is 6.70. The summed E-state index contributed by atoms with van der Waals surface area (Å²) in [7, 11) is -3.12. The zero-order valence-electron chi connectivity index (χ0n) is 17.7. The van der Waals surface area contributed by atoms with Crippen molar-refractivity contribution < 1.29 is 8.42 Å². The molecule has 0 aliphatic carbocycles. The largest absolute Gasteiger partial charge is 0.369 e. The van der Waals surface area contributed by atoms with Gasteiger partial charge in [-0.25, -0.2) is 8.42 Å². The Morgan fingerprint density at radius 1 is 0.969 bits per heavy atom. The fraction of sp³-hybridized carbons (Fsp3) is 0.208. The van der Waals surface area contributed by atoms with Gasteiger partial charge in [0.15, 0.2) is 0 Å². The predicted octanol–water partition coefficient (Wildman–Crippen LogP) is 4.79. The number of thiophene rings is 1. The van der Waals surface area contributed by atoms with Gasteiger partial charge in [0.05, 0.1) is 11.8 Å². The lowest BCUT2D eigenvalue weighted by Gasteiger charge is -2.34. The molecule has 1 aliphatic rings. The minimum absolute atomic E-state index is 0.522. The first-order chi connectivity index (χ1) is 15.5. The Morgan fingerprint density at radius 3 is 2.44 bits per heavy atom. The van der Waals surface area contributed by atoms with E-state index in [-0.39, 0.29) is 0 Å². The fourth-order valence-corrected chi connectivity index (χ4v) is 5.59. The maximum Gasteiger partial charge on any atom is 0.211 e. The van der Waals surface area contributed by atoms with E-state index in [4.69, 9.17) is 0 Å². The monoisotopic (exact) mass is 464 g/mol. The molecule has 0 amide bonds. The first-order valence-electron chi connectivity index (χ1n) is 10.5. The number of rotatable bonds is 5. The van der Waals surface area contributed by atoms with Gasteiger partial charge in [0.2, 0.25) is 10.0 Å². The van der Waals surface area contributed by atoms with Crippen LogP contribution in [0.5, 0.6) is 0 Å². The van der Waals surface area contributed by atoms with Crippen LogP contribution in [-0.2, 0) is 10.0 Å². The zero-order chi connectivity index (χ0) is 22.1. The summed E-state index contributed by atoms with van der Waals surface area (Å²) < 4.78 is 25.0. The van der Waals surface area contributed by atoms with Gasteiger partial charge in [-0.1, -0.05) is 12.1 Å². The SMILES string of the molecule is CS(=O)(=O)N1CCN(c2ccc(Nc3ccnc4ccc(-c5cccs5)cc34)cc2)CC1. The van der Waals surface area contributed by atoms with Crippen molar-refractivity contribution in [3.63, 3.8) is 0 Å². The first-order valence-corrected chi connectivity index (χ1v) is 13.2. The van der Waals surface area contributed by atoms with E-state index < -0.39 is 10.0 Å². The van der Waals surface area contributed by atoms with Gasteiger partial charge >= 0.3 is 0 Å². The number of nitrogens with one attached hydrogen (secondary N) is 1. The van der Waals surface area contributed by atoms with E-state index in [0.717, 1.165) is 28.0 Å². The molecule has 1 fully saturated rings. The van der Waals surface area contributed by atoms with Crippen LogP contribution in [0.2, 0.25) is 0 Å². The van der Waals surface area contributed by atoms with Crippen molar-refractivity contribution in [2.24, 2.45) is 0 Å². The van der Waals surface area contributed by atoms with Crippen LogP contribution in [0.25, 0.3) is 21.3 Å². The average molecular weight is 465 g/mol. The normalized spacial score (nSPS) is 15.2. The lowest BCUT2D eigenvalue weighted by atomic mass is 10.1. The Balaban J connectivity index is 1.34. The van der Waals surface area contributed by atoms with Gasteiger partial charge in [-0.3, -0.25) is 4.98 Å². The topological polar surface area (TPSA) is 65.5 Å². The lowest BCUT2D eigenvalue weighted by molar-refractivity contribution is 0.388. The Morgan fingerprint density at radius 2 is 1.75 bits per heavy atom. The van der Waals surface area contributed by atoms with Gasteiger partial charge in [-0.15, -0.1) is 11.3 Å². The van der Waals surface area contributed by atoms with Crippen molar-refractivity contribution in [1.29, 1.82) is 0 Å². The standard InChI is InChI=1S/C24H24N4O2S2/c1-32(29,30)28-14-12-27(13-15-28)20-7-5-19(6-8-20)26-23-10-11-25-22-9-4-18(17-21(22)23)24-3-2-16-31-24/h2-11,16-17H,12-15H2,1H3,(H,25,26). The molecule has 1 N–H and O–H groups in total. The van der Waals surface area contributed by atoms with E-state index >= 15 is 0 Å². The van der Waals surface area contributed by atoms with Gasteiger partial charge in [-0.05, 0) is 59.5 Å². The van der Waals surface area contributed by atoms with Gasteiger partial charge in [0.1, 0.15) is 0 Å². The third-order valence-electron chi connectivity index (χ3n) is 5.77. The molecule has 4 aromatic rings. The number of nitrogens with zero attached hydrogens (tertiary/aromatic N) is 3. The van der Waals surface area contributed by atoms with E-state index in [9.17, 15) is 8.42 Å². The summed E-state index contributed by atoms with van der Waals surface area (Å²) >= 11 is 1.73. The number of sulfonamides is 1. The molecule has 32 heavy (non-hydrogen) atoms. The van der Waals surface area contributed by atoms with E-state index in [0.29, 0.717) is 26.2 Å². The van der Waals surface area contributed by atoms with E-state index in [1.54, 1.807) is 15.6 Å². The third-order valence-corrected chi connectivity index (χ3v) is 7.99. The zero-order valence-corrected chi connectivity index (χ0v) is 19.4. The van der Waals surface area contributed by atoms with Crippen LogP contribution < -0.4 is 10.2 Å². The molecule has 0 atom stereocenters. The second-order valence-corrected chi connectivity index (χ2v) is 10.8. The summed E-state index contributed by atoms with van der Waals surface area (Å²) in [5.74, 6) is 0. The third kappa shape index (κ3) is 4.34. The van der Waals surface area contributed by atoms with E-state index in [2.05, 4.69) is 75.2 Å². The maximum atomic E-state index is 11.7. The molecule has 0 saturated carbocycles. The predicted molar refractivity (Wildman–Crippen MR) is 133 cm³/mol. The number of hydrogen-bond acceptors (Lipinski definition) is 6. The second kappa shape index (κ2) is 8.54. The Labute approximate surface area is 192 Å². The van der Waals surface area contributed by atoms with Gasteiger partial charge in [0.25, 0.3) is 0 Å². The molecule has 3 heterocycles. The number of fused-ring (bicyclic) bond motifs is 1. The number of hydrogen-bond donors (Lipinski definition) is 1.